The second-order valence-corrected chi connectivity index (χ2v) is 7.38. The summed E-state index contributed by atoms with van der Waals surface area (Å²) >= 11 is 0. The van der Waals surface area contributed by atoms with Crippen LogP contribution in [0.3, 0.4) is 0 Å². The number of carbonyl (C=O) groups excluding carboxylic acids is 3. The van der Waals surface area contributed by atoms with Crippen molar-refractivity contribution in [3.63, 3.8) is 0 Å². The number of hydrogen-bond acceptors (Lipinski definition) is 8. The van der Waals surface area contributed by atoms with Gasteiger partial charge in [-0.2, -0.15) is 0 Å². The van der Waals surface area contributed by atoms with Crippen molar-refractivity contribution in [2.45, 2.75) is 62.7 Å². The number of hydrogen-bond donors (Lipinski definition) is 7. The van der Waals surface area contributed by atoms with Gasteiger partial charge in [0.05, 0.1) is 18.9 Å². The average molecular weight is 474 g/mol. The molecule has 15 nitrogen and oxygen atoms in total. The van der Waals surface area contributed by atoms with Crippen LogP contribution in [0.2, 0.25) is 0 Å². The monoisotopic (exact) mass is 474 g/mol. The number of carboxylic acid groups (broad SMARTS) is 4. The molecule has 0 radical (unpaired) electrons. The Balaban J connectivity index is 2.96. The van der Waals surface area contributed by atoms with Gasteiger partial charge in [-0.1, -0.05) is 0 Å². The molecule has 8 N–H and O–H groups in total. The predicted octanol–water partition coefficient (Wildman–Crippen LogP) is -2.83. The fourth-order valence-corrected chi connectivity index (χ4v) is 3.24. The molecule has 15 heteroatoms. The highest BCUT2D eigenvalue weighted by Gasteiger charge is 2.38. The molecule has 0 unspecified atom stereocenters. The van der Waals surface area contributed by atoms with Crippen LogP contribution in [0.4, 0.5) is 0 Å². The Morgan fingerprint density at radius 1 is 0.879 bits per heavy atom. The zero-order valence-corrected chi connectivity index (χ0v) is 17.4. The standard InChI is InChI=1S/C18H26N4O11/c19-8(6-13(25)26)17(31)22-5-1-2-11(22)16(30)20-9(3-4-12(23)24)15(29)21-10(18(32)33)7-14(27)28/h8-11H,1-7,19H2,(H,20,30)(H,21,29)(H,23,24)(H,25,26)(H,27,28)(H,32,33)/t8-,9-,10-,11-/m0/s1. The van der Waals surface area contributed by atoms with E-state index >= 15 is 0 Å². The summed E-state index contributed by atoms with van der Waals surface area (Å²) in [5, 5.41) is 39.8. The zero-order chi connectivity index (χ0) is 25.3. The lowest BCUT2D eigenvalue weighted by molar-refractivity contribution is -0.147. The summed E-state index contributed by atoms with van der Waals surface area (Å²) in [4.78, 5) is 82.5. The second kappa shape index (κ2) is 12.3. The molecule has 1 rings (SSSR count). The Labute approximate surface area is 186 Å². The van der Waals surface area contributed by atoms with Crippen molar-refractivity contribution in [1.29, 1.82) is 0 Å². The Kier molecular flexibility index (Phi) is 10.2. The quantitative estimate of drug-likeness (QED) is 0.143. The Morgan fingerprint density at radius 3 is 2.00 bits per heavy atom. The van der Waals surface area contributed by atoms with E-state index in [4.69, 9.17) is 26.2 Å². The average Bonchev–Trinajstić information content (AvgIpc) is 3.18. The van der Waals surface area contributed by atoms with Crippen LogP contribution in [0.15, 0.2) is 0 Å². The molecule has 0 aromatic heterocycles. The number of nitrogens with one attached hydrogen (secondary N) is 2. The summed E-state index contributed by atoms with van der Waals surface area (Å²) in [6.45, 7) is 0.107. The van der Waals surface area contributed by atoms with Crippen LogP contribution < -0.4 is 16.4 Å². The topological polar surface area (TPSA) is 254 Å². The number of carbonyl (C=O) groups is 7. The highest BCUT2D eigenvalue weighted by atomic mass is 16.4. The maximum Gasteiger partial charge on any atom is 0.326 e. The number of carboxylic acids is 4. The van der Waals surface area contributed by atoms with Gasteiger partial charge < -0.3 is 41.7 Å². The maximum atomic E-state index is 12.8. The predicted molar refractivity (Wildman–Crippen MR) is 106 cm³/mol. The van der Waals surface area contributed by atoms with E-state index < -0.39 is 91.4 Å². The zero-order valence-electron chi connectivity index (χ0n) is 17.4. The van der Waals surface area contributed by atoms with Crippen molar-refractivity contribution in [3.8, 4) is 0 Å². The van der Waals surface area contributed by atoms with Gasteiger partial charge in [0.25, 0.3) is 0 Å². The van der Waals surface area contributed by atoms with Gasteiger partial charge in [-0.15, -0.1) is 0 Å². The molecule has 1 saturated heterocycles. The van der Waals surface area contributed by atoms with Crippen LogP contribution in [0.1, 0.15) is 38.5 Å². The van der Waals surface area contributed by atoms with Gasteiger partial charge in [0.1, 0.15) is 18.1 Å². The van der Waals surface area contributed by atoms with E-state index in [0.29, 0.717) is 6.42 Å². The summed E-state index contributed by atoms with van der Waals surface area (Å²) in [7, 11) is 0. The minimum atomic E-state index is -1.82. The first-order valence-electron chi connectivity index (χ1n) is 9.88. The molecule has 184 valence electrons. The van der Waals surface area contributed by atoms with Gasteiger partial charge in [-0.05, 0) is 19.3 Å². The molecule has 0 aliphatic carbocycles. The molecular formula is C18H26N4O11. The van der Waals surface area contributed by atoms with Crippen LogP contribution in [-0.4, -0.2) is 97.6 Å². The van der Waals surface area contributed by atoms with Crippen LogP contribution in [-0.2, 0) is 33.6 Å². The van der Waals surface area contributed by atoms with E-state index in [-0.39, 0.29) is 13.0 Å². The third-order valence-electron chi connectivity index (χ3n) is 4.82. The first-order chi connectivity index (χ1) is 15.3. The molecule has 4 atom stereocenters. The molecule has 1 heterocycles. The fraction of sp³-hybridized carbons (Fsp3) is 0.611. The fourth-order valence-electron chi connectivity index (χ4n) is 3.24. The lowest BCUT2D eigenvalue weighted by Gasteiger charge is -2.28. The lowest BCUT2D eigenvalue weighted by atomic mass is 10.1. The van der Waals surface area contributed by atoms with E-state index in [2.05, 4.69) is 5.32 Å². The van der Waals surface area contributed by atoms with Crippen LogP contribution in [0, 0.1) is 0 Å². The molecule has 0 aromatic rings. The number of nitrogens with two attached hydrogens (primary N) is 1. The number of nitrogens with zero attached hydrogens (tertiary/aromatic N) is 1. The minimum Gasteiger partial charge on any atom is -0.481 e. The van der Waals surface area contributed by atoms with Crippen molar-refractivity contribution in [2.75, 3.05) is 6.54 Å². The summed E-state index contributed by atoms with van der Waals surface area (Å²) in [5.74, 6) is -8.51. The van der Waals surface area contributed by atoms with Crippen LogP contribution in [0.25, 0.3) is 0 Å². The number of likely N-dealkylation sites (tertiary alicyclic amines) is 1. The second-order valence-electron chi connectivity index (χ2n) is 7.38. The summed E-state index contributed by atoms with van der Waals surface area (Å²) in [6, 6.07) is -5.85. The molecule has 0 bridgehead atoms. The van der Waals surface area contributed by atoms with Gasteiger partial charge >= 0.3 is 23.9 Å². The van der Waals surface area contributed by atoms with E-state index in [1.54, 1.807) is 0 Å². The molecule has 1 fully saturated rings. The van der Waals surface area contributed by atoms with Crippen molar-refractivity contribution < 1.29 is 54.0 Å². The molecule has 1 aliphatic heterocycles. The molecule has 3 amide bonds. The smallest absolute Gasteiger partial charge is 0.326 e. The first kappa shape index (κ1) is 27.3. The molecule has 0 spiro atoms. The molecule has 0 aromatic carbocycles. The van der Waals surface area contributed by atoms with E-state index in [9.17, 15) is 33.6 Å². The summed E-state index contributed by atoms with van der Waals surface area (Å²) < 4.78 is 0. The normalized spacial score (nSPS) is 18.0. The third kappa shape index (κ3) is 8.72. The molecule has 33 heavy (non-hydrogen) atoms. The van der Waals surface area contributed by atoms with Crippen molar-refractivity contribution in [2.24, 2.45) is 5.73 Å². The highest BCUT2D eigenvalue weighted by Crippen LogP contribution is 2.19. The van der Waals surface area contributed by atoms with E-state index in [1.807, 2.05) is 5.32 Å². The Bertz CT molecular complexity index is 815. The lowest BCUT2D eigenvalue weighted by Crippen LogP contribution is -2.57. The van der Waals surface area contributed by atoms with Crippen LogP contribution >= 0.6 is 0 Å². The molecular weight excluding hydrogens is 448 g/mol. The number of amides is 3. The summed E-state index contributed by atoms with van der Waals surface area (Å²) in [5.41, 5.74) is 5.58. The molecule has 1 aliphatic rings. The van der Waals surface area contributed by atoms with Gasteiger partial charge in [-0.3, -0.25) is 28.8 Å². The van der Waals surface area contributed by atoms with E-state index in [0.717, 1.165) is 4.90 Å². The summed E-state index contributed by atoms with van der Waals surface area (Å²) in [6.07, 6.45) is -2.07. The SMILES string of the molecule is N[C@@H](CC(=O)O)C(=O)N1CCC[C@H]1C(=O)N[C@@H](CCC(=O)O)C(=O)N[C@@H](CC(=O)O)C(=O)O. The van der Waals surface area contributed by atoms with Gasteiger partial charge in [-0.25, -0.2) is 4.79 Å². The number of aliphatic carboxylic acids is 4. The number of rotatable bonds is 13. The Morgan fingerprint density at radius 2 is 1.48 bits per heavy atom. The van der Waals surface area contributed by atoms with Crippen molar-refractivity contribution in [3.05, 3.63) is 0 Å². The van der Waals surface area contributed by atoms with Crippen LogP contribution in [0.5, 0.6) is 0 Å². The van der Waals surface area contributed by atoms with Crippen molar-refractivity contribution in [1.82, 2.24) is 15.5 Å². The highest BCUT2D eigenvalue weighted by molar-refractivity contribution is 5.95. The largest absolute Gasteiger partial charge is 0.481 e. The van der Waals surface area contributed by atoms with Crippen molar-refractivity contribution >= 4 is 41.6 Å². The van der Waals surface area contributed by atoms with Gasteiger partial charge in [0, 0.05) is 13.0 Å². The van der Waals surface area contributed by atoms with Gasteiger partial charge in [0.15, 0.2) is 0 Å². The van der Waals surface area contributed by atoms with E-state index in [1.165, 1.54) is 0 Å². The molecule has 0 saturated carbocycles. The first-order valence-corrected chi connectivity index (χ1v) is 9.88. The Hall–Kier alpha value is -3.75. The maximum absolute atomic E-state index is 12.8. The van der Waals surface area contributed by atoms with Gasteiger partial charge in [0.2, 0.25) is 17.7 Å². The minimum absolute atomic E-state index is 0.107. The third-order valence-corrected chi connectivity index (χ3v) is 4.82.